The van der Waals surface area contributed by atoms with Crippen molar-refractivity contribution in [2.75, 3.05) is 11.9 Å². The zero-order chi connectivity index (χ0) is 13.1. The maximum Gasteiger partial charge on any atom is 0.150 e. The summed E-state index contributed by atoms with van der Waals surface area (Å²) >= 11 is 0. The number of anilines is 1. The van der Waals surface area contributed by atoms with Crippen LogP contribution in [-0.4, -0.2) is 13.3 Å². The van der Waals surface area contributed by atoms with Crippen molar-refractivity contribution in [1.82, 2.24) is 0 Å². The van der Waals surface area contributed by atoms with Crippen LogP contribution in [0.15, 0.2) is 34.9 Å². The molecule has 0 aliphatic carbocycles. The Hall–Kier alpha value is -2.03. The lowest BCUT2D eigenvalue weighted by Crippen LogP contribution is -2.17. The molecule has 1 heterocycles. The quantitative estimate of drug-likeness (QED) is 0.772. The van der Waals surface area contributed by atoms with Gasteiger partial charge in [0.05, 0.1) is 6.26 Å². The second-order valence-corrected chi connectivity index (χ2v) is 4.52. The van der Waals surface area contributed by atoms with E-state index in [-0.39, 0.29) is 0 Å². The summed E-state index contributed by atoms with van der Waals surface area (Å²) in [4.78, 5) is 12.9. The maximum absolute atomic E-state index is 10.7. The van der Waals surface area contributed by atoms with Crippen molar-refractivity contribution in [3.63, 3.8) is 0 Å². The lowest BCUT2D eigenvalue weighted by atomic mass is 10.1. The average Bonchev–Trinajstić information content (AvgIpc) is 2.74. The average molecular weight is 243 g/mol. The molecular weight excluding hydrogens is 226 g/mol. The van der Waals surface area contributed by atoms with Gasteiger partial charge in [0.1, 0.15) is 12.0 Å². The number of hydrogen-bond acceptors (Lipinski definition) is 3. The van der Waals surface area contributed by atoms with Gasteiger partial charge in [-0.25, -0.2) is 0 Å². The number of nitrogens with zero attached hydrogens (tertiary/aromatic N) is 1. The second-order valence-electron chi connectivity index (χ2n) is 4.52. The first-order valence-corrected chi connectivity index (χ1v) is 5.91. The number of hydrogen-bond donors (Lipinski definition) is 0. The van der Waals surface area contributed by atoms with Crippen LogP contribution in [0.5, 0.6) is 0 Å². The highest BCUT2D eigenvalue weighted by Crippen LogP contribution is 2.22. The Bertz CT molecular complexity index is 557. The molecule has 0 fully saturated rings. The summed E-state index contributed by atoms with van der Waals surface area (Å²) in [6.45, 7) is 4.77. The van der Waals surface area contributed by atoms with Crippen molar-refractivity contribution in [3.05, 3.63) is 53.0 Å². The molecule has 0 aliphatic heterocycles. The van der Waals surface area contributed by atoms with E-state index in [4.69, 9.17) is 4.42 Å². The molecular formula is C15H17NO2. The Morgan fingerprint density at radius 1 is 1.28 bits per heavy atom. The maximum atomic E-state index is 10.7. The molecule has 2 aromatic rings. The first kappa shape index (κ1) is 12.4. The van der Waals surface area contributed by atoms with E-state index in [1.807, 2.05) is 45.2 Å². The van der Waals surface area contributed by atoms with Crippen LogP contribution in [-0.2, 0) is 6.54 Å². The molecule has 18 heavy (non-hydrogen) atoms. The van der Waals surface area contributed by atoms with Crippen molar-refractivity contribution in [2.24, 2.45) is 0 Å². The van der Waals surface area contributed by atoms with Crippen molar-refractivity contribution in [2.45, 2.75) is 20.4 Å². The number of rotatable bonds is 4. The molecule has 3 nitrogen and oxygen atoms in total. The van der Waals surface area contributed by atoms with Gasteiger partial charge in [-0.05, 0) is 43.7 Å². The van der Waals surface area contributed by atoms with Gasteiger partial charge in [0.25, 0.3) is 0 Å². The molecule has 0 saturated heterocycles. The van der Waals surface area contributed by atoms with Gasteiger partial charge in [-0.1, -0.05) is 0 Å². The van der Waals surface area contributed by atoms with Crippen molar-refractivity contribution < 1.29 is 9.21 Å². The standard InChI is InChI=1S/C15H17NO2/c1-11-8-13(10-17)4-5-15(11)16(3)9-14-6-7-18-12(14)2/h4-8,10H,9H2,1-3H3. The molecule has 0 aliphatic rings. The number of carbonyl (C=O) groups is 1. The monoisotopic (exact) mass is 243 g/mol. The van der Waals surface area contributed by atoms with E-state index in [2.05, 4.69) is 4.90 Å². The molecule has 0 amide bonds. The van der Waals surface area contributed by atoms with E-state index in [9.17, 15) is 4.79 Å². The summed E-state index contributed by atoms with van der Waals surface area (Å²) in [6.07, 6.45) is 2.58. The van der Waals surface area contributed by atoms with Gasteiger partial charge in [-0.3, -0.25) is 4.79 Å². The lowest BCUT2D eigenvalue weighted by molar-refractivity contribution is 0.112. The predicted octanol–water partition coefficient (Wildman–Crippen LogP) is 3.35. The molecule has 0 spiro atoms. The Balaban J connectivity index is 2.21. The van der Waals surface area contributed by atoms with Crippen molar-refractivity contribution in [3.8, 4) is 0 Å². The van der Waals surface area contributed by atoms with Crippen LogP contribution in [0.1, 0.15) is 27.2 Å². The second kappa shape index (κ2) is 5.08. The van der Waals surface area contributed by atoms with E-state index in [0.717, 1.165) is 29.8 Å². The van der Waals surface area contributed by atoms with Crippen LogP contribution in [0, 0.1) is 13.8 Å². The van der Waals surface area contributed by atoms with Crippen LogP contribution in [0.3, 0.4) is 0 Å². The summed E-state index contributed by atoms with van der Waals surface area (Å²) in [7, 11) is 2.04. The molecule has 0 radical (unpaired) electrons. The molecule has 0 unspecified atom stereocenters. The Labute approximate surface area is 107 Å². The molecule has 0 saturated carbocycles. The third-order valence-electron chi connectivity index (χ3n) is 3.14. The minimum atomic E-state index is 0.712. The fourth-order valence-electron chi connectivity index (χ4n) is 2.10. The smallest absolute Gasteiger partial charge is 0.150 e. The summed E-state index contributed by atoms with van der Waals surface area (Å²) in [5, 5.41) is 0. The highest BCUT2D eigenvalue weighted by molar-refractivity contribution is 5.76. The molecule has 0 bridgehead atoms. The third kappa shape index (κ3) is 2.45. The van der Waals surface area contributed by atoms with E-state index < -0.39 is 0 Å². The summed E-state index contributed by atoms with van der Waals surface area (Å²) in [6, 6.07) is 7.71. The van der Waals surface area contributed by atoms with Gasteiger partial charge >= 0.3 is 0 Å². The molecule has 94 valence electrons. The van der Waals surface area contributed by atoms with Gasteiger partial charge in [-0.2, -0.15) is 0 Å². The first-order valence-electron chi connectivity index (χ1n) is 5.91. The van der Waals surface area contributed by atoms with E-state index in [0.29, 0.717) is 5.56 Å². The Morgan fingerprint density at radius 3 is 2.61 bits per heavy atom. The van der Waals surface area contributed by atoms with Crippen LogP contribution in [0.25, 0.3) is 0 Å². The van der Waals surface area contributed by atoms with Crippen LogP contribution in [0.2, 0.25) is 0 Å². The van der Waals surface area contributed by atoms with E-state index in [1.54, 1.807) is 6.26 Å². The summed E-state index contributed by atoms with van der Waals surface area (Å²) < 4.78 is 5.30. The fourth-order valence-corrected chi connectivity index (χ4v) is 2.10. The predicted molar refractivity (Wildman–Crippen MR) is 72.1 cm³/mol. The van der Waals surface area contributed by atoms with Gasteiger partial charge in [0.2, 0.25) is 0 Å². The summed E-state index contributed by atoms with van der Waals surface area (Å²) in [5.74, 6) is 0.948. The van der Waals surface area contributed by atoms with E-state index >= 15 is 0 Å². The molecule has 3 heteroatoms. The molecule has 1 aromatic heterocycles. The zero-order valence-electron chi connectivity index (χ0n) is 10.9. The summed E-state index contributed by atoms with van der Waals surface area (Å²) in [5.41, 5.74) is 4.12. The minimum Gasteiger partial charge on any atom is -0.469 e. The van der Waals surface area contributed by atoms with Gasteiger partial charge < -0.3 is 9.32 Å². The largest absolute Gasteiger partial charge is 0.469 e. The Morgan fingerprint density at radius 2 is 2.06 bits per heavy atom. The molecule has 1 aromatic carbocycles. The number of benzene rings is 1. The first-order chi connectivity index (χ1) is 8.61. The SMILES string of the molecule is Cc1cc(C=O)ccc1N(C)Cc1ccoc1C. The molecule has 2 rings (SSSR count). The number of furan rings is 1. The molecule has 0 atom stereocenters. The van der Waals surface area contributed by atoms with Gasteiger partial charge in [0, 0.05) is 30.4 Å². The fraction of sp³-hybridized carbons (Fsp3) is 0.267. The van der Waals surface area contributed by atoms with Gasteiger partial charge in [-0.15, -0.1) is 0 Å². The molecule has 0 N–H and O–H groups in total. The Kier molecular flexibility index (Phi) is 3.51. The normalized spacial score (nSPS) is 10.4. The van der Waals surface area contributed by atoms with Gasteiger partial charge in [0.15, 0.2) is 0 Å². The minimum absolute atomic E-state index is 0.712. The highest BCUT2D eigenvalue weighted by atomic mass is 16.3. The topological polar surface area (TPSA) is 33.5 Å². The lowest BCUT2D eigenvalue weighted by Gasteiger charge is -2.21. The number of carbonyl (C=O) groups excluding carboxylic acids is 1. The van der Waals surface area contributed by atoms with Crippen LogP contribution in [0.4, 0.5) is 5.69 Å². The van der Waals surface area contributed by atoms with Crippen LogP contribution < -0.4 is 4.90 Å². The van der Waals surface area contributed by atoms with Crippen molar-refractivity contribution in [1.29, 1.82) is 0 Å². The zero-order valence-corrected chi connectivity index (χ0v) is 10.9. The number of aryl methyl sites for hydroxylation is 2. The number of aldehydes is 1. The van der Waals surface area contributed by atoms with E-state index in [1.165, 1.54) is 5.56 Å². The third-order valence-corrected chi connectivity index (χ3v) is 3.14. The van der Waals surface area contributed by atoms with Crippen LogP contribution >= 0.6 is 0 Å². The van der Waals surface area contributed by atoms with Crippen molar-refractivity contribution >= 4 is 12.0 Å². The highest BCUT2D eigenvalue weighted by Gasteiger charge is 2.09.